The lowest BCUT2D eigenvalue weighted by Crippen LogP contribution is -2.41. The largest absolute Gasteiger partial charge is 0.379 e. The van der Waals surface area contributed by atoms with Crippen molar-refractivity contribution in [2.24, 2.45) is 7.05 Å². The molecule has 0 saturated carbocycles. The number of nitrogens with one attached hydrogen (secondary N) is 1. The van der Waals surface area contributed by atoms with Crippen molar-refractivity contribution in [1.82, 2.24) is 15.1 Å². The average molecular weight is 195 g/mol. The number of hydrogen-bond acceptors (Lipinski definition) is 3. The average Bonchev–Trinajstić information content (AvgIpc) is 2.63. The summed E-state index contributed by atoms with van der Waals surface area (Å²) in [6, 6.07) is 0.518. The van der Waals surface area contributed by atoms with Crippen molar-refractivity contribution in [1.29, 1.82) is 0 Å². The van der Waals surface area contributed by atoms with Gasteiger partial charge in [-0.05, 0) is 18.4 Å². The highest BCUT2D eigenvalue weighted by Crippen LogP contribution is 2.05. The zero-order valence-corrected chi connectivity index (χ0v) is 8.57. The quantitative estimate of drug-likeness (QED) is 0.756. The van der Waals surface area contributed by atoms with Gasteiger partial charge in [0.05, 0.1) is 19.4 Å². The van der Waals surface area contributed by atoms with Crippen LogP contribution in [0.3, 0.4) is 0 Å². The second-order valence-electron chi connectivity index (χ2n) is 3.79. The van der Waals surface area contributed by atoms with Crippen molar-refractivity contribution < 1.29 is 4.74 Å². The summed E-state index contributed by atoms with van der Waals surface area (Å²) in [4.78, 5) is 0. The van der Waals surface area contributed by atoms with Crippen LogP contribution in [0.5, 0.6) is 0 Å². The molecule has 0 spiro atoms. The van der Waals surface area contributed by atoms with Gasteiger partial charge < -0.3 is 10.1 Å². The number of rotatable bonds is 3. The van der Waals surface area contributed by atoms with E-state index in [4.69, 9.17) is 4.74 Å². The Balaban J connectivity index is 1.76. The fourth-order valence-electron chi connectivity index (χ4n) is 1.75. The molecule has 0 bridgehead atoms. The van der Waals surface area contributed by atoms with Gasteiger partial charge in [-0.1, -0.05) is 0 Å². The Hall–Kier alpha value is -0.870. The Morgan fingerprint density at radius 2 is 2.64 bits per heavy atom. The standard InChI is InChI=1S/C10H17N3O/c1-13-7-9(6-12-13)2-3-10-8-14-5-4-11-10/h6-7,10-11H,2-5,8H2,1H3. The van der Waals surface area contributed by atoms with Gasteiger partial charge in [0, 0.05) is 25.8 Å². The van der Waals surface area contributed by atoms with E-state index in [0.717, 1.165) is 32.6 Å². The molecule has 1 fully saturated rings. The molecule has 0 amide bonds. The summed E-state index contributed by atoms with van der Waals surface area (Å²) in [6.07, 6.45) is 6.22. The molecule has 14 heavy (non-hydrogen) atoms. The molecule has 4 nitrogen and oxygen atoms in total. The molecule has 0 aromatic carbocycles. The van der Waals surface area contributed by atoms with Crippen LogP contribution >= 0.6 is 0 Å². The van der Waals surface area contributed by atoms with E-state index in [2.05, 4.69) is 16.6 Å². The normalized spacial score (nSPS) is 22.5. The van der Waals surface area contributed by atoms with Gasteiger partial charge in [-0.25, -0.2) is 0 Å². The molecule has 0 radical (unpaired) electrons. The van der Waals surface area contributed by atoms with Crippen LogP contribution in [0.15, 0.2) is 12.4 Å². The molecule has 2 heterocycles. The van der Waals surface area contributed by atoms with Gasteiger partial charge in [0.2, 0.25) is 0 Å². The lowest BCUT2D eigenvalue weighted by molar-refractivity contribution is 0.0743. The van der Waals surface area contributed by atoms with Crippen LogP contribution in [0.2, 0.25) is 0 Å². The van der Waals surface area contributed by atoms with E-state index in [1.807, 2.05) is 17.9 Å². The smallest absolute Gasteiger partial charge is 0.0620 e. The van der Waals surface area contributed by atoms with Crippen LogP contribution in [0.1, 0.15) is 12.0 Å². The van der Waals surface area contributed by atoms with E-state index in [0.29, 0.717) is 6.04 Å². The summed E-state index contributed by atoms with van der Waals surface area (Å²) in [5.74, 6) is 0. The topological polar surface area (TPSA) is 39.1 Å². The van der Waals surface area contributed by atoms with Gasteiger partial charge in [-0.15, -0.1) is 0 Å². The molecule has 1 aromatic heterocycles. The zero-order chi connectivity index (χ0) is 9.80. The summed E-state index contributed by atoms with van der Waals surface area (Å²) in [6.45, 7) is 2.68. The minimum Gasteiger partial charge on any atom is -0.379 e. The predicted molar refractivity (Wildman–Crippen MR) is 54.1 cm³/mol. The van der Waals surface area contributed by atoms with Gasteiger partial charge in [-0.3, -0.25) is 4.68 Å². The van der Waals surface area contributed by atoms with E-state index >= 15 is 0 Å². The second-order valence-corrected chi connectivity index (χ2v) is 3.79. The molecular weight excluding hydrogens is 178 g/mol. The predicted octanol–water partition coefficient (Wildman–Crippen LogP) is 0.341. The molecule has 1 aliphatic heterocycles. The maximum absolute atomic E-state index is 5.39. The molecule has 1 atom stereocenters. The minimum atomic E-state index is 0.518. The van der Waals surface area contributed by atoms with Crippen molar-refractivity contribution in [2.75, 3.05) is 19.8 Å². The van der Waals surface area contributed by atoms with E-state index < -0.39 is 0 Å². The van der Waals surface area contributed by atoms with Crippen LogP contribution < -0.4 is 5.32 Å². The third kappa shape index (κ3) is 2.56. The fraction of sp³-hybridized carbons (Fsp3) is 0.700. The Morgan fingerprint density at radius 3 is 3.29 bits per heavy atom. The van der Waals surface area contributed by atoms with Crippen LogP contribution in [0.25, 0.3) is 0 Å². The van der Waals surface area contributed by atoms with Gasteiger partial charge in [0.25, 0.3) is 0 Å². The van der Waals surface area contributed by atoms with Crippen molar-refractivity contribution in [3.8, 4) is 0 Å². The first-order chi connectivity index (χ1) is 6.84. The van der Waals surface area contributed by atoms with Crippen LogP contribution in [0, 0.1) is 0 Å². The van der Waals surface area contributed by atoms with Gasteiger partial charge in [0.15, 0.2) is 0 Å². The molecule has 1 N–H and O–H groups in total. The minimum absolute atomic E-state index is 0.518. The van der Waals surface area contributed by atoms with E-state index in [1.165, 1.54) is 5.56 Å². The highest BCUT2D eigenvalue weighted by Gasteiger charge is 2.12. The monoisotopic (exact) mass is 195 g/mol. The third-order valence-corrected chi connectivity index (χ3v) is 2.54. The molecule has 2 rings (SSSR count). The maximum atomic E-state index is 5.39. The number of hydrogen-bond donors (Lipinski definition) is 1. The molecule has 0 aliphatic carbocycles. The molecule has 78 valence electrons. The van der Waals surface area contributed by atoms with Crippen LogP contribution in [-0.2, 0) is 18.2 Å². The maximum Gasteiger partial charge on any atom is 0.0620 e. The summed E-state index contributed by atoms with van der Waals surface area (Å²) < 4.78 is 7.24. The first-order valence-electron chi connectivity index (χ1n) is 5.13. The fourth-order valence-corrected chi connectivity index (χ4v) is 1.75. The Bertz CT molecular complexity index is 279. The number of aryl methyl sites for hydroxylation is 2. The second kappa shape index (κ2) is 4.57. The zero-order valence-electron chi connectivity index (χ0n) is 8.57. The summed E-state index contributed by atoms with van der Waals surface area (Å²) in [5, 5.41) is 7.59. The molecule has 1 aliphatic rings. The van der Waals surface area contributed by atoms with Gasteiger partial charge >= 0.3 is 0 Å². The Labute approximate surface area is 84.3 Å². The van der Waals surface area contributed by atoms with Crippen LogP contribution in [0.4, 0.5) is 0 Å². The van der Waals surface area contributed by atoms with Gasteiger partial charge in [-0.2, -0.15) is 5.10 Å². The third-order valence-electron chi connectivity index (χ3n) is 2.54. The first kappa shape index (κ1) is 9.68. The van der Waals surface area contributed by atoms with Crippen molar-refractivity contribution >= 4 is 0 Å². The lowest BCUT2D eigenvalue weighted by atomic mass is 10.1. The Morgan fingerprint density at radius 1 is 1.71 bits per heavy atom. The van der Waals surface area contributed by atoms with Gasteiger partial charge in [0.1, 0.15) is 0 Å². The number of aromatic nitrogens is 2. The molecular formula is C10H17N3O. The number of ether oxygens (including phenoxy) is 1. The lowest BCUT2D eigenvalue weighted by Gasteiger charge is -2.23. The van der Waals surface area contributed by atoms with Crippen molar-refractivity contribution in [2.45, 2.75) is 18.9 Å². The summed E-state index contributed by atoms with van der Waals surface area (Å²) in [5.41, 5.74) is 1.31. The van der Waals surface area contributed by atoms with E-state index in [-0.39, 0.29) is 0 Å². The molecule has 1 unspecified atom stereocenters. The van der Waals surface area contributed by atoms with Crippen molar-refractivity contribution in [3.05, 3.63) is 18.0 Å². The Kier molecular flexibility index (Phi) is 3.16. The highest BCUT2D eigenvalue weighted by atomic mass is 16.5. The highest BCUT2D eigenvalue weighted by molar-refractivity contribution is 5.04. The summed E-state index contributed by atoms with van der Waals surface area (Å²) in [7, 11) is 1.95. The molecule has 1 aromatic rings. The number of nitrogens with zero attached hydrogens (tertiary/aromatic N) is 2. The van der Waals surface area contributed by atoms with E-state index in [1.54, 1.807) is 0 Å². The molecule has 4 heteroatoms. The van der Waals surface area contributed by atoms with Crippen LogP contribution in [-0.4, -0.2) is 35.6 Å². The van der Waals surface area contributed by atoms with Crippen molar-refractivity contribution in [3.63, 3.8) is 0 Å². The van der Waals surface area contributed by atoms with E-state index in [9.17, 15) is 0 Å². The first-order valence-corrected chi connectivity index (χ1v) is 5.13. The summed E-state index contributed by atoms with van der Waals surface area (Å²) >= 11 is 0. The number of morpholine rings is 1. The molecule has 1 saturated heterocycles. The SMILES string of the molecule is Cn1cc(CCC2COCCN2)cn1.